The monoisotopic (exact) mass is 433 g/mol. The second kappa shape index (κ2) is 7.92. The van der Waals surface area contributed by atoms with Crippen LogP contribution in [-0.4, -0.2) is 21.0 Å². The highest BCUT2D eigenvalue weighted by Crippen LogP contribution is 2.31. The molecule has 0 aliphatic carbocycles. The van der Waals surface area contributed by atoms with Crippen LogP contribution in [0.4, 0.5) is 21.5 Å². The van der Waals surface area contributed by atoms with Gasteiger partial charge in [-0.3, -0.25) is 9.52 Å². The minimum absolute atomic E-state index is 0.0470. The van der Waals surface area contributed by atoms with Gasteiger partial charge in [0.2, 0.25) is 5.91 Å². The fourth-order valence-corrected chi connectivity index (χ4v) is 3.57. The van der Waals surface area contributed by atoms with Gasteiger partial charge in [-0.05, 0) is 50.2 Å². The first kappa shape index (κ1) is 21.3. The van der Waals surface area contributed by atoms with Crippen molar-refractivity contribution in [3.8, 4) is 0 Å². The number of anilines is 3. The topological polar surface area (TPSA) is 101 Å². The summed E-state index contributed by atoms with van der Waals surface area (Å²) in [6.07, 6.45) is 0. The van der Waals surface area contributed by atoms with Crippen LogP contribution in [-0.2, 0) is 14.8 Å². The van der Waals surface area contributed by atoms with Crippen LogP contribution in [0.15, 0.2) is 41.3 Å². The van der Waals surface area contributed by atoms with Crippen molar-refractivity contribution in [2.75, 3.05) is 22.4 Å². The van der Waals surface area contributed by atoms with E-state index in [1.54, 1.807) is 0 Å². The Morgan fingerprint density at radius 1 is 1.11 bits per heavy atom. The highest BCUT2D eigenvalue weighted by Gasteiger charge is 2.27. The summed E-state index contributed by atoms with van der Waals surface area (Å²) in [6.45, 7) is 2.15. The number of alkyl halides is 1. The Balaban J connectivity index is 2.19. The van der Waals surface area contributed by atoms with E-state index in [4.69, 9.17) is 28.9 Å². The van der Waals surface area contributed by atoms with Gasteiger partial charge in [0.25, 0.3) is 10.0 Å². The zero-order valence-electron chi connectivity index (χ0n) is 14.5. The average Bonchev–Trinajstić information content (AvgIpc) is 2.59. The van der Waals surface area contributed by atoms with Gasteiger partial charge in [-0.2, -0.15) is 0 Å². The third-order valence-electron chi connectivity index (χ3n) is 3.69. The number of amides is 1. The van der Waals surface area contributed by atoms with Gasteiger partial charge in [-0.15, -0.1) is 0 Å². The Bertz CT molecular complexity index is 964. The van der Waals surface area contributed by atoms with Crippen LogP contribution in [0.1, 0.15) is 13.8 Å². The van der Waals surface area contributed by atoms with Crippen LogP contribution in [0.5, 0.6) is 0 Å². The number of carbonyl (C=O) groups is 1. The first-order chi connectivity index (χ1) is 12.5. The number of halogens is 3. The van der Waals surface area contributed by atoms with Crippen molar-refractivity contribution in [1.82, 2.24) is 0 Å². The lowest BCUT2D eigenvalue weighted by Gasteiger charge is -2.19. The fraction of sp³-hybridized carbons (Fsp3) is 0.235. The molecule has 0 unspecified atom stereocenters. The molecule has 1 amide bonds. The van der Waals surface area contributed by atoms with Gasteiger partial charge >= 0.3 is 0 Å². The van der Waals surface area contributed by atoms with E-state index < -0.39 is 28.0 Å². The first-order valence-electron chi connectivity index (χ1n) is 7.71. The Morgan fingerprint density at radius 2 is 1.63 bits per heavy atom. The Kier molecular flexibility index (Phi) is 6.24. The molecule has 0 aliphatic heterocycles. The van der Waals surface area contributed by atoms with Crippen molar-refractivity contribution < 1.29 is 17.6 Å². The largest absolute Gasteiger partial charge is 0.398 e. The van der Waals surface area contributed by atoms with E-state index in [-0.39, 0.29) is 26.3 Å². The molecular weight excluding hydrogens is 416 g/mol. The van der Waals surface area contributed by atoms with E-state index in [1.807, 2.05) is 0 Å². The summed E-state index contributed by atoms with van der Waals surface area (Å²) in [5.41, 5.74) is 5.15. The summed E-state index contributed by atoms with van der Waals surface area (Å²) in [5.74, 6) is -0.484. The minimum atomic E-state index is -4.00. The molecule has 6 nitrogen and oxygen atoms in total. The van der Waals surface area contributed by atoms with Gasteiger partial charge in [-0.1, -0.05) is 23.2 Å². The zero-order valence-corrected chi connectivity index (χ0v) is 16.8. The molecule has 10 heteroatoms. The van der Waals surface area contributed by atoms with Crippen LogP contribution < -0.4 is 15.8 Å². The highest BCUT2D eigenvalue weighted by molar-refractivity contribution is 7.92. The second-order valence-corrected chi connectivity index (χ2v) is 8.92. The molecule has 0 bridgehead atoms. The van der Waals surface area contributed by atoms with Crippen LogP contribution in [0.25, 0.3) is 0 Å². The highest BCUT2D eigenvalue weighted by atomic mass is 35.5. The minimum Gasteiger partial charge on any atom is -0.398 e. The smallest absolute Gasteiger partial charge is 0.263 e. The van der Waals surface area contributed by atoms with E-state index in [0.29, 0.717) is 5.69 Å². The van der Waals surface area contributed by atoms with E-state index in [1.165, 1.54) is 44.2 Å². The Morgan fingerprint density at radius 3 is 2.19 bits per heavy atom. The number of sulfonamides is 1. The number of nitrogen functional groups attached to an aromatic ring is 1. The number of nitrogens with two attached hydrogens (primary N) is 1. The third kappa shape index (κ3) is 5.03. The molecule has 2 aromatic rings. The third-order valence-corrected chi connectivity index (χ3v) is 5.85. The summed E-state index contributed by atoms with van der Waals surface area (Å²) in [7, 11) is -4.00. The van der Waals surface area contributed by atoms with Crippen molar-refractivity contribution in [2.24, 2.45) is 5.41 Å². The molecule has 0 spiro atoms. The lowest BCUT2D eigenvalue weighted by Crippen LogP contribution is -2.32. The normalized spacial score (nSPS) is 11.9. The lowest BCUT2D eigenvalue weighted by atomic mass is 9.94. The van der Waals surface area contributed by atoms with E-state index in [9.17, 15) is 17.6 Å². The van der Waals surface area contributed by atoms with Gasteiger partial charge in [0.1, 0.15) is 11.6 Å². The van der Waals surface area contributed by atoms with Gasteiger partial charge in [0, 0.05) is 11.4 Å². The van der Waals surface area contributed by atoms with Crippen LogP contribution in [0, 0.1) is 5.41 Å². The molecule has 2 rings (SSSR count). The predicted octanol–water partition coefficient (Wildman–Crippen LogP) is 4.31. The van der Waals surface area contributed by atoms with E-state index in [0.717, 1.165) is 6.07 Å². The summed E-state index contributed by atoms with van der Waals surface area (Å²) < 4.78 is 40.2. The predicted molar refractivity (Wildman–Crippen MR) is 107 cm³/mol. The molecular formula is C17H18Cl2FN3O3S. The number of carbonyl (C=O) groups excluding carboxylic acids is 1. The fourth-order valence-electron chi connectivity index (χ4n) is 1.97. The van der Waals surface area contributed by atoms with Crippen molar-refractivity contribution in [3.05, 3.63) is 46.4 Å². The Hall–Kier alpha value is -2.03. The molecule has 146 valence electrons. The molecule has 0 atom stereocenters. The molecule has 0 aromatic heterocycles. The zero-order chi connectivity index (χ0) is 20.4. The summed E-state index contributed by atoms with van der Waals surface area (Å²) in [6, 6.07) is 8.29. The summed E-state index contributed by atoms with van der Waals surface area (Å²) >= 11 is 11.7. The van der Waals surface area contributed by atoms with Crippen LogP contribution in [0.3, 0.4) is 0 Å². The maximum Gasteiger partial charge on any atom is 0.263 e. The van der Waals surface area contributed by atoms with Crippen LogP contribution in [0.2, 0.25) is 10.0 Å². The van der Waals surface area contributed by atoms with Crippen molar-refractivity contribution in [2.45, 2.75) is 18.7 Å². The molecule has 4 N–H and O–H groups in total. The lowest BCUT2D eigenvalue weighted by molar-refractivity contribution is -0.124. The molecule has 27 heavy (non-hydrogen) atoms. The van der Waals surface area contributed by atoms with Gasteiger partial charge in [0.05, 0.1) is 21.1 Å². The SMILES string of the molecule is CC(C)(CF)C(=O)Nc1ccc(NS(=O)(=O)c2cc(Cl)c(Cl)cc2N)cc1. The van der Waals surface area contributed by atoms with Crippen molar-refractivity contribution in [3.63, 3.8) is 0 Å². The number of benzene rings is 2. The number of rotatable bonds is 6. The molecule has 0 fully saturated rings. The van der Waals surface area contributed by atoms with Crippen molar-refractivity contribution in [1.29, 1.82) is 0 Å². The van der Waals surface area contributed by atoms with Gasteiger partial charge in [0.15, 0.2) is 0 Å². The first-order valence-corrected chi connectivity index (χ1v) is 9.95. The Labute approximate surface area is 166 Å². The molecule has 0 heterocycles. The van der Waals surface area contributed by atoms with Gasteiger partial charge in [-0.25, -0.2) is 12.8 Å². The molecule has 0 aliphatic rings. The van der Waals surface area contributed by atoms with E-state index >= 15 is 0 Å². The molecule has 0 saturated heterocycles. The van der Waals surface area contributed by atoms with Gasteiger partial charge < -0.3 is 11.1 Å². The maximum absolute atomic E-state index is 12.9. The van der Waals surface area contributed by atoms with E-state index in [2.05, 4.69) is 10.0 Å². The van der Waals surface area contributed by atoms with Crippen LogP contribution >= 0.6 is 23.2 Å². The molecule has 2 aromatic carbocycles. The molecule has 0 radical (unpaired) electrons. The maximum atomic E-state index is 12.9. The standard InChI is InChI=1S/C17H18Cl2FN3O3S/c1-17(2,9-20)16(24)22-10-3-5-11(6-4-10)23-27(25,26)15-8-13(19)12(18)7-14(15)21/h3-8,23H,9,21H2,1-2H3,(H,22,24). The summed E-state index contributed by atoms with van der Waals surface area (Å²) in [4.78, 5) is 11.8. The molecule has 0 saturated carbocycles. The average molecular weight is 434 g/mol. The summed E-state index contributed by atoms with van der Waals surface area (Å²) in [5, 5.41) is 2.77. The number of hydrogen-bond acceptors (Lipinski definition) is 4. The number of hydrogen-bond donors (Lipinski definition) is 3. The quantitative estimate of drug-likeness (QED) is 0.590. The number of nitrogens with one attached hydrogen (secondary N) is 2. The second-order valence-electron chi connectivity index (χ2n) is 6.46. The van der Waals surface area contributed by atoms with Crippen molar-refractivity contribution >= 4 is 56.2 Å².